The monoisotopic (exact) mass is 390 g/mol. The van der Waals surface area contributed by atoms with Crippen molar-refractivity contribution in [1.82, 2.24) is 0 Å². The number of unbranched alkanes of at least 4 members (excludes halogenated alkanes) is 3. The molecule has 1 aliphatic rings. The molecule has 0 heteroatoms. The first-order chi connectivity index (χ1) is 13.4. The molecule has 166 valence electrons. The van der Waals surface area contributed by atoms with E-state index in [0.29, 0.717) is 5.41 Å². The summed E-state index contributed by atoms with van der Waals surface area (Å²) >= 11 is 0. The summed E-state index contributed by atoms with van der Waals surface area (Å²) in [6.07, 6.45) is 21.4. The molecule has 0 radical (unpaired) electrons. The van der Waals surface area contributed by atoms with E-state index in [1.807, 2.05) is 0 Å². The van der Waals surface area contributed by atoms with Crippen molar-refractivity contribution in [3.63, 3.8) is 0 Å². The summed E-state index contributed by atoms with van der Waals surface area (Å²) in [5.41, 5.74) is 3.83. The van der Waals surface area contributed by atoms with E-state index in [9.17, 15) is 0 Å². The summed E-state index contributed by atoms with van der Waals surface area (Å²) in [5.74, 6) is 2.93. The van der Waals surface area contributed by atoms with Gasteiger partial charge in [0, 0.05) is 0 Å². The van der Waals surface area contributed by atoms with Crippen molar-refractivity contribution in [3.05, 3.63) is 11.1 Å². The van der Waals surface area contributed by atoms with Gasteiger partial charge in [0.25, 0.3) is 0 Å². The maximum absolute atomic E-state index is 2.59. The maximum Gasteiger partial charge on any atom is -0.0150 e. The Labute approximate surface area is 179 Å². The van der Waals surface area contributed by atoms with Gasteiger partial charge in [-0.25, -0.2) is 0 Å². The SMILES string of the molecule is CCCC(CCCCCCC(C)(CC)C(CCC)C(C)=C(C)CC)C1CCC1. The zero-order chi connectivity index (χ0) is 21.0. The van der Waals surface area contributed by atoms with Gasteiger partial charge in [-0.15, -0.1) is 0 Å². The second-order valence-corrected chi connectivity index (χ2v) is 10.4. The molecule has 3 atom stereocenters. The Morgan fingerprint density at radius 3 is 2.00 bits per heavy atom. The van der Waals surface area contributed by atoms with Crippen LogP contribution in [-0.2, 0) is 0 Å². The van der Waals surface area contributed by atoms with Crippen molar-refractivity contribution in [2.75, 3.05) is 0 Å². The first-order valence-corrected chi connectivity index (χ1v) is 13.1. The molecule has 1 rings (SSSR count). The van der Waals surface area contributed by atoms with E-state index in [1.54, 1.807) is 11.1 Å². The molecule has 0 heterocycles. The van der Waals surface area contributed by atoms with Crippen LogP contribution in [0.25, 0.3) is 0 Å². The normalized spacial score (nSPS) is 20.2. The molecule has 0 aromatic rings. The Hall–Kier alpha value is -0.260. The highest BCUT2D eigenvalue weighted by Gasteiger charge is 2.33. The van der Waals surface area contributed by atoms with Gasteiger partial charge >= 0.3 is 0 Å². The summed E-state index contributed by atoms with van der Waals surface area (Å²) in [5, 5.41) is 0. The lowest BCUT2D eigenvalue weighted by Gasteiger charge is -2.39. The van der Waals surface area contributed by atoms with Gasteiger partial charge in [0.05, 0.1) is 0 Å². The average molecular weight is 391 g/mol. The van der Waals surface area contributed by atoms with Crippen LogP contribution in [0.2, 0.25) is 0 Å². The first kappa shape index (κ1) is 25.8. The van der Waals surface area contributed by atoms with Crippen molar-refractivity contribution in [3.8, 4) is 0 Å². The van der Waals surface area contributed by atoms with E-state index >= 15 is 0 Å². The van der Waals surface area contributed by atoms with E-state index < -0.39 is 0 Å². The third kappa shape index (κ3) is 7.87. The minimum absolute atomic E-state index is 0.493. The predicted molar refractivity (Wildman–Crippen MR) is 129 cm³/mol. The third-order valence-electron chi connectivity index (χ3n) is 8.50. The molecule has 3 unspecified atom stereocenters. The predicted octanol–water partition coefficient (Wildman–Crippen LogP) is 10.1. The van der Waals surface area contributed by atoms with Gasteiger partial charge in [-0.3, -0.25) is 0 Å². The Morgan fingerprint density at radius 1 is 0.857 bits per heavy atom. The van der Waals surface area contributed by atoms with Crippen molar-refractivity contribution < 1.29 is 0 Å². The molecule has 0 aromatic carbocycles. The molecule has 0 nitrogen and oxygen atoms in total. The minimum Gasteiger partial charge on any atom is -0.0744 e. The molecule has 0 amide bonds. The van der Waals surface area contributed by atoms with Crippen LogP contribution in [0.5, 0.6) is 0 Å². The summed E-state index contributed by atoms with van der Waals surface area (Å²) in [6, 6.07) is 0. The van der Waals surface area contributed by atoms with Gasteiger partial charge in [-0.05, 0) is 56.3 Å². The van der Waals surface area contributed by atoms with Crippen molar-refractivity contribution in [1.29, 1.82) is 0 Å². The molecule has 1 aliphatic carbocycles. The largest absolute Gasteiger partial charge is 0.0744 e. The van der Waals surface area contributed by atoms with Gasteiger partial charge in [-0.1, -0.05) is 123 Å². The molecular formula is C28H54. The van der Waals surface area contributed by atoms with Crippen LogP contribution in [0.3, 0.4) is 0 Å². The van der Waals surface area contributed by atoms with Crippen molar-refractivity contribution in [2.24, 2.45) is 23.2 Å². The second-order valence-electron chi connectivity index (χ2n) is 10.4. The zero-order valence-electron chi connectivity index (χ0n) is 20.8. The summed E-state index contributed by atoms with van der Waals surface area (Å²) in [4.78, 5) is 0. The zero-order valence-corrected chi connectivity index (χ0v) is 20.8. The van der Waals surface area contributed by atoms with Crippen molar-refractivity contribution in [2.45, 2.75) is 145 Å². The molecular weight excluding hydrogens is 336 g/mol. The molecule has 0 aromatic heterocycles. The smallest absolute Gasteiger partial charge is 0.0150 e. The highest BCUT2D eigenvalue weighted by molar-refractivity contribution is 5.15. The summed E-state index contributed by atoms with van der Waals surface area (Å²) < 4.78 is 0. The summed E-state index contributed by atoms with van der Waals surface area (Å²) in [6.45, 7) is 16.9. The number of rotatable bonds is 16. The standard InChI is InChI=1S/C28H54/c1-8-17-25(26-20-16-21-26)19-14-12-13-15-22-28(7,11-4)27(18-9-2)24(6)23(5)10-3/h25-27H,8-22H2,1-7H3. The lowest BCUT2D eigenvalue weighted by atomic mass is 9.66. The molecule has 0 N–H and O–H groups in total. The molecule has 1 fully saturated rings. The Morgan fingerprint density at radius 2 is 1.50 bits per heavy atom. The van der Waals surface area contributed by atoms with Crippen LogP contribution in [0.4, 0.5) is 0 Å². The minimum atomic E-state index is 0.493. The van der Waals surface area contributed by atoms with Crippen LogP contribution in [0, 0.1) is 23.2 Å². The molecule has 0 saturated heterocycles. The van der Waals surface area contributed by atoms with Crippen molar-refractivity contribution >= 4 is 0 Å². The van der Waals surface area contributed by atoms with Gasteiger partial charge in [0.15, 0.2) is 0 Å². The van der Waals surface area contributed by atoms with E-state index in [2.05, 4.69) is 48.5 Å². The first-order valence-electron chi connectivity index (χ1n) is 13.1. The highest BCUT2D eigenvalue weighted by Crippen LogP contribution is 2.44. The second kappa shape index (κ2) is 13.9. The molecule has 0 aliphatic heterocycles. The maximum atomic E-state index is 2.59. The van der Waals surface area contributed by atoms with Crippen LogP contribution in [0.1, 0.15) is 145 Å². The fourth-order valence-corrected chi connectivity index (χ4v) is 5.74. The molecule has 28 heavy (non-hydrogen) atoms. The van der Waals surface area contributed by atoms with E-state index in [0.717, 1.165) is 17.8 Å². The number of allylic oxidation sites excluding steroid dienone is 2. The van der Waals surface area contributed by atoms with Gasteiger partial charge in [0.2, 0.25) is 0 Å². The van der Waals surface area contributed by atoms with Crippen LogP contribution in [-0.4, -0.2) is 0 Å². The number of hydrogen-bond donors (Lipinski definition) is 0. The average Bonchev–Trinajstić information content (AvgIpc) is 2.66. The molecule has 0 bridgehead atoms. The molecule has 1 saturated carbocycles. The Kier molecular flexibility index (Phi) is 12.8. The van der Waals surface area contributed by atoms with Crippen LogP contribution < -0.4 is 0 Å². The van der Waals surface area contributed by atoms with Crippen LogP contribution >= 0.6 is 0 Å². The number of hydrogen-bond acceptors (Lipinski definition) is 0. The van der Waals surface area contributed by atoms with Crippen LogP contribution in [0.15, 0.2) is 11.1 Å². The highest BCUT2D eigenvalue weighted by atomic mass is 14.4. The lowest BCUT2D eigenvalue weighted by molar-refractivity contribution is 0.168. The topological polar surface area (TPSA) is 0 Å². The van der Waals surface area contributed by atoms with E-state index in [4.69, 9.17) is 0 Å². The van der Waals surface area contributed by atoms with Gasteiger partial charge in [0.1, 0.15) is 0 Å². The Bertz CT molecular complexity index is 427. The fraction of sp³-hybridized carbons (Fsp3) is 0.929. The summed E-state index contributed by atoms with van der Waals surface area (Å²) in [7, 11) is 0. The quantitative estimate of drug-likeness (QED) is 0.181. The van der Waals surface area contributed by atoms with E-state index in [-0.39, 0.29) is 0 Å². The van der Waals surface area contributed by atoms with E-state index in [1.165, 1.54) is 96.3 Å². The Balaban J connectivity index is 2.46. The molecule has 0 spiro atoms. The fourth-order valence-electron chi connectivity index (χ4n) is 5.74. The van der Waals surface area contributed by atoms with Gasteiger partial charge in [-0.2, -0.15) is 0 Å². The lowest BCUT2D eigenvalue weighted by Crippen LogP contribution is -2.28. The van der Waals surface area contributed by atoms with Gasteiger partial charge < -0.3 is 0 Å². The third-order valence-corrected chi connectivity index (χ3v) is 8.50.